The number of carbonyl (C=O) groups is 1. The molecule has 1 aromatic rings. The minimum atomic E-state index is -1.51. The van der Waals surface area contributed by atoms with Crippen molar-refractivity contribution in [1.29, 1.82) is 0 Å². The van der Waals surface area contributed by atoms with Gasteiger partial charge in [0.05, 0.1) is 0 Å². The molecule has 1 aromatic carbocycles. The Hall–Kier alpha value is -1.51. The first-order valence-electron chi connectivity index (χ1n) is 3.31. The Morgan fingerprint density at radius 2 is 1.83 bits per heavy atom. The average molecular weight is 168 g/mol. The number of rotatable bonds is 2. The van der Waals surface area contributed by atoms with Gasteiger partial charge in [-0.05, 0) is 23.8 Å². The van der Waals surface area contributed by atoms with Crippen molar-refractivity contribution in [3.05, 3.63) is 41.7 Å². The second-order valence-corrected chi connectivity index (χ2v) is 2.19. The minimum absolute atomic E-state index is 0.362. The number of hydrogen-bond donors (Lipinski definition) is 0. The van der Waals surface area contributed by atoms with E-state index in [1.54, 1.807) is 0 Å². The quantitative estimate of drug-likeness (QED) is 0.489. The monoisotopic (exact) mass is 168 g/mol. The molecule has 0 unspecified atom stereocenters. The second kappa shape index (κ2) is 3.76. The van der Waals surface area contributed by atoms with E-state index in [0.29, 0.717) is 5.56 Å². The topological polar surface area (TPSA) is 17.1 Å². The fraction of sp³-hybridized carbons (Fsp3) is 0. The largest absolute Gasteiger partial charge is 0.324 e. The molecule has 3 heteroatoms. The normalized spacial score (nSPS) is 10.5. The van der Waals surface area contributed by atoms with E-state index in [0.717, 1.165) is 6.08 Å². The van der Waals surface area contributed by atoms with E-state index in [4.69, 9.17) is 0 Å². The highest BCUT2D eigenvalue weighted by Crippen LogP contribution is 2.04. The molecule has 0 aromatic heterocycles. The highest BCUT2D eigenvalue weighted by Gasteiger charge is 1.90. The number of carbonyl (C=O) groups excluding carboxylic acids is 1. The van der Waals surface area contributed by atoms with Gasteiger partial charge in [0.1, 0.15) is 5.82 Å². The molecule has 0 radical (unpaired) electrons. The maximum Gasteiger partial charge on any atom is 0.324 e. The molecule has 0 aliphatic heterocycles. The van der Waals surface area contributed by atoms with E-state index in [2.05, 4.69) is 0 Å². The fourth-order valence-electron chi connectivity index (χ4n) is 0.736. The summed E-state index contributed by atoms with van der Waals surface area (Å²) in [5, 5.41) is 0. The Morgan fingerprint density at radius 1 is 1.25 bits per heavy atom. The van der Waals surface area contributed by atoms with Crippen molar-refractivity contribution in [2.24, 2.45) is 0 Å². The summed E-state index contributed by atoms with van der Waals surface area (Å²) in [6.45, 7) is 0. The third-order valence-corrected chi connectivity index (χ3v) is 1.28. The van der Waals surface area contributed by atoms with Crippen molar-refractivity contribution in [3.8, 4) is 0 Å². The van der Waals surface area contributed by atoms with Gasteiger partial charge in [0.2, 0.25) is 0 Å². The number of allylic oxidation sites excluding steroid dienone is 1. The molecule has 0 saturated heterocycles. The standard InChI is InChI=1S/C9H6F2O/c10-8-4-1-7(2-5-8)3-6-9(11)12/h1-6H/b6-3+. The van der Waals surface area contributed by atoms with Crippen LogP contribution in [0.15, 0.2) is 30.3 Å². The highest BCUT2D eigenvalue weighted by atomic mass is 19.1. The third-order valence-electron chi connectivity index (χ3n) is 1.28. The molecule has 0 saturated carbocycles. The number of benzene rings is 1. The first-order valence-corrected chi connectivity index (χ1v) is 3.31. The molecule has 0 amide bonds. The van der Waals surface area contributed by atoms with E-state index in [1.807, 2.05) is 0 Å². The predicted molar refractivity (Wildman–Crippen MR) is 41.5 cm³/mol. The van der Waals surface area contributed by atoms with Crippen LogP contribution < -0.4 is 0 Å². The van der Waals surface area contributed by atoms with Gasteiger partial charge in [-0.25, -0.2) is 4.39 Å². The third kappa shape index (κ3) is 2.62. The van der Waals surface area contributed by atoms with Gasteiger partial charge in [-0.2, -0.15) is 4.39 Å². The lowest BCUT2D eigenvalue weighted by Gasteiger charge is -1.90. The lowest BCUT2D eigenvalue weighted by Crippen LogP contribution is -1.78. The van der Waals surface area contributed by atoms with Crippen LogP contribution in [-0.2, 0) is 4.79 Å². The van der Waals surface area contributed by atoms with Gasteiger partial charge in [0.15, 0.2) is 0 Å². The average Bonchev–Trinajstić information content (AvgIpc) is 2.03. The molecule has 0 atom stereocenters. The molecule has 12 heavy (non-hydrogen) atoms. The zero-order chi connectivity index (χ0) is 8.97. The summed E-state index contributed by atoms with van der Waals surface area (Å²) in [7, 11) is 0. The van der Waals surface area contributed by atoms with Gasteiger partial charge in [-0.3, -0.25) is 4.79 Å². The molecule has 1 nitrogen and oxygen atoms in total. The first kappa shape index (κ1) is 8.59. The molecule has 0 fully saturated rings. The van der Waals surface area contributed by atoms with Crippen molar-refractivity contribution < 1.29 is 13.6 Å². The van der Waals surface area contributed by atoms with Gasteiger partial charge in [0.25, 0.3) is 0 Å². The first-order chi connectivity index (χ1) is 5.68. The molecule has 0 aliphatic rings. The summed E-state index contributed by atoms with van der Waals surface area (Å²) in [5.41, 5.74) is 0.586. The molecule has 0 spiro atoms. The van der Waals surface area contributed by atoms with Crippen LogP contribution in [0.1, 0.15) is 5.56 Å². The van der Waals surface area contributed by atoms with E-state index in [1.165, 1.54) is 30.3 Å². The maximum atomic E-state index is 12.3. The van der Waals surface area contributed by atoms with Crippen LogP contribution in [0.4, 0.5) is 8.78 Å². The highest BCUT2D eigenvalue weighted by molar-refractivity contribution is 5.85. The lowest BCUT2D eigenvalue weighted by molar-refractivity contribution is -0.124. The summed E-state index contributed by atoms with van der Waals surface area (Å²) in [6, 6.07) is 3.87. The van der Waals surface area contributed by atoms with Crippen LogP contribution in [0.5, 0.6) is 0 Å². The Balaban J connectivity index is 2.77. The van der Waals surface area contributed by atoms with Gasteiger partial charge in [-0.15, -0.1) is 0 Å². The molecule has 62 valence electrons. The number of halogens is 2. The molecular weight excluding hydrogens is 162 g/mol. The van der Waals surface area contributed by atoms with Crippen molar-refractivity contribution in [1.82, 2.24) is 0 Å². The number of hydrogen-bond acceptors (Lipinski definition) is 1. The second-order valence-electron chi connectivity index (χ2n) is 2.19. The van der Waals surface area contributed by atoms with Crippen LogP contribution in [0, 0.1) is 5.82 Å². The maximum absolute atomic E-state index is 12.3. The fourth-order valence-corrected chi connectivity index (χ4v) is 0.736. The molecular formula is C9H6F2O. The van der Waals surface area contributed by atoms with Crippen LogP contribution in [0.3, 0.4) is 0 Å². The van der Waals surface area contributed by atoms with Gasteiger partial charge >= 0.3 is 6.04 Å². The Bertz CT molecular complexity index is 301. The van der Waals surface area contributed by atoms with E-state index in [-0.39, 0.29) is 5.82 Å². The summed E-state index contributed by atoms with van der Waals surface area (Å²) in [4.78, 5) is 9.86. The zero-order valence-corrected chi connectivity index (χ0v) is 6.13. The molecule has 0 aliphatic carbocycles. The Kier molecular flexibility index (Phi) is 2.69. The van der Waals surface area contributed by atoms with Crippen LogP contribution in [0.25, 0.3) is 6.08 Å². The Morgan fingerprint density at radius 3 is 2.33 bits per heavy atom. The summed E-state index contributed by atoms with van der Waals surface area (Å²) in [5.74, 6) is -0.362. The molecule has 1 rings (SSSR count). The van der Waals surface area contributed by atoms with E-state index in [9.17, 15) is 13.6 Å². The molecule has 0 heterocycles. The van der Waals surface area contributed by atoms with Crippen molar-refractivity contribution >= 4 is 12.1 Å². The summed E-state index contributed by atoms with van der Waals surface area (Å²) >= 11 is 0. The van der Waals surface area contributed by atoms with Gasteiger partial charge < -0.3 is 0 Å². The van der Waals surface area contributed by atoms with Crippen LogP contribution in [0.2, 0.25) is 0 Å². The zero-order valence-electron chi connectivity index (χ0n) is 6.13. The smallest absolute Gasteiger partial charge is 0.256 e. The SMILES string of the molecule is O=C(F)/C=C/c1ccc(F)cc1. The lowest BCUT2D eigenvalue weighted by atomic mass is 10.2. The van der Waals surface area contributed by atoms with Crippen molar-refractivity contribution in [2.75, 3.05) is 0 Å². The Labute approximate surface area is 68.3 Å². The molecule has 0 bridgehead atoms. The predicted octanol–water partition coefficient (Wildman–Crippen LogP) is 2.33. The summed E-state index contributed by atoms with van der Waals surface area (Å²) in [6.07, 6.45) is 2.06. The molecule has 0 N–H and O–H groups in total. The van der Waals surface area contributed by atoms with E-state index < -0.39 is 6.04 Å². The van der Waals surface area contributed by atoms with Crippen molar-refractivity contribution in [2.45, 2.75) is 0 Å². The summed E-state index contributed by atoms with van der Waals surface area (Å²) < 4.78 is 24.0. The van der Waals surface area contributed by atoms with E-state index >= 15 is 0 Å². The van der Waals surface area contributed by atoms with Gasteiger partial charge in [0, 0.05) is 6.08 Å². The van der Waals surface area contributed by atoms with Crippen LogP contribution in [-0.4, -0.2) is 6.04 Å². The van der Waals surface area contributed by atoms with Crippen molar-refractivity contribution in [3.63, 3.8) is 0 Å². The van der Waals surface area contributed by atoms with Crippen LogP contribution >= 0.6 is 0 Å². The van der Waals surface area contributed by atoms with Gasteiger partial charge in [-0.1, -0.05) is 12.1 Å². The minimum Gasteiger partial charge on any atom is -0.256 e.